The quantitative estimate of drug-likeness (QED) is 0.391. The predicted octanol–water partition coefficient (Wildman–Crippen LogP) is 3.81. The van der Waals surface area contributed by atoms with Crippen LogP contribution >= 0.6 is 7.82 Å². The van der Waals surface area contributed by atoms with Gasteiger partial charge < -0.3 is 0 Å². The molecular formula is C13H18NO6P. The lowest BCUT2D eigenvalue weighted by molar-refractivity contribution is -0.384. The van der Waals surface area contributed by atoms with Gasteiger partial charge in [-0.15, -0.1) is 0 Å². The number of hydrogen-bond acceptors (Lipinski definition) is 6. The molecule has 116 valence electrons. The normalized spacial score (nSPS) is 11.9. The summed E-state index contributed by atoms with van der Waals surface area (Å²) in [7, 11) is -3.50. The van der Waals surface area contributed by atoms with E-state index in [4.69, 9.17) is 13.6 Å². The minimum Gasteiger partial charge on any atom is -0.287 e. The van der Waals surface area contributed by atoms with Gasteiger partial charge in [0, 0.05) is 12.1 Å². The largest absolute Gasteiger partial charge is 0.475 e. The van der Waals surface area contributed by atoms with E-state index in [1.54, 1.807) is 38.1 Å². The summed E-state index contributed by atoms with van der Waals surface area (Å²) in [4.78, 5) is 10.1. The van der Waals surface area contributed by atoms with Crippen LogP contribution in [0, 0.1) is 10.1 Å². The van der Waals surface area contributed by atoms with Crippen molar-refractivity contribution in [1.82, 2.24) is 0 Å². The van der Waals surface area contributed by atoms with Crippen LogP contribution in [0.2, 0.25) is 0 Å². The average molecular weight is 315 g/mol. The summed E-state index contributed by atoms with van der Waals surface area (Å²) in [5, 5.41) is 10.5. The number of hydrogen-bond donors (Lipinski definition) is 0. The first kappa shape index (κ1) is 17.5. The number of nitro benzene ring substituents is 1. The summed E-state index contributed by atoms with van der Waals surface area (Å²) in [6.07, 6.45) is 3.33. The molecule has 0 saturated carbocycles. The van der Waals surface area contributed by atoms with Crippen molar-refractivity contribution in [1.29, 1.82) is 0 Å². The van der Waals surface area contributed by atoms with E-state index < -0.39 is 12.7 Å². The topological polar surface area (TPSA) is 87.9 Å². The second kappa shape index (κ2) is 8.69. The molecule has 7 nitrogen and oxygen atoms in total. The van der Waals surface area contributed by atoms with E-state index in [-0.39, 0.29) is 25.5 Å². The van der Waals surface area contributed by atoms with Crippen molar-refractivity contribution in [3.05, 3.63) is 46.0 Å². The first-order valence-electron chi connectivity index (χ1n) is 6.45. The van der Waals surface area contributed by atoms with Crippen molar-refractivity contribution >= 4 is 19.6 Å². The molecule has 0 aliphatic heterocycles. The molecule has 0 aromatic heterocycles. The maximum absolute atomic E-state index is 12.0. The summed E-state index contributed by atoms with van der Waals surface area (Å²) in [5.74, 6) is 0. The number of nitro groups is 1. The van der Waals surface area contributed by atoms with Crippen molar-refractivity contribution in [3.8, 4) is 0 Å². The standard InChI is InChI=1S/C13H18NO6P/c1-3-18-21(17,19-4-2)20-11-5-6-12-7-9-13(10-8-12)14(15)16/h5-10H,3-4,11H2,1-2H3/b6-5+. The van der Waals surface area contributed by atoms with E-state index in [0.717, 1.165) is 5.56 Å². The Labute approximate surface area is 123 Å². The zero-order valence-corrected chi connectivity index (χ0v) is 12.8. The van der Waals surface area contributed by atoms with E-state index in [2.05, 4.69) is 0 Å². The third kappa shape index (κ3) is 6.18. The third-order valence-electron chi connectivity index (χ3n) is 2.32. The van der Waals surface area contributed by atoms with Gasteiger partial charge in [-0.05, 0) is 31.5 Å². The van der Waals surface area contributed by atoms with Gasteiger partial charge in [0.05, 0.1) is 24.7 Å². The molecule has 8 heteroatoms. The molecule has 0 atom stereocenters. The molecule has 1 aromatic rings. The monoisotopic (exact) mass is 315 g/mol. The Morgan fingerprint density at radius 2 is 1.71 bits per heavy atom. The molecule has 0 fully saturated rings. The number of nitrogens with zero attached hydrogens (tertiary/aromatic N) is 1. The Morgan fingerprint density at radius 3 is 2.19 bits per heavy atom. The van der Waals surface area contributed by atoms with E-state index in [1.165, 1.54) is 12.1 Å². The minimum atomic E-state index is -3.50. The number of benzene rings is 1. The molecule has 0 saturated heterocycles. The molecule has 0 N–H and O–H groups in total. The molecule has 1 aromatic carbocycles. The first-order valence-corrected chi connectivity index (χ1v) is 7.91. The molecule has 1 rings (SSSR count). The fourth-order valence-corrected chi connectivity index (χ4v) is 2.58. The third-order valence-corrected chi connectivity index (χ3v) is 3.93. The van der Waals surface area contributed by atoms with Crippen LogP contribution in [0.1, 0.15) is 19.4 Å². The molecule has 0 spiro atoms. The SMILES string of the molecule is CCOP(=O)(OCC)OC/C=C/c1ccc([N+](=O)[O-])cc1. The Bertz CT molecular complexity index is 518. The number of phosphoric ester groups is 1. The van der Waals surface area contributed by atoms with Crippen LogP contribution in [0.15, 0.2) is 30.3 Å². The summed E-state index contributed by atoms with van der Waals surface area (Å²) < 4.78 is 27.0. The van der Waals surface area contributed by atoms with Crippen LogP contribution < -0.4 is 0 Å². The lowest BCUT2D eigenvalue weighted by Crippen LogP contribution is -2.00. The number of rotatable bonds is 9. The average Bonchev–Trinajstić information content (AvgIpc) is 2.45. The van der Waals surface area contributed by atoms with Crippen LogP contribution in [0.4, 0.5) is 5.69 Å². The molecule has 0 bridgehead atoms. The maximum atomic E-state index is 12.0. The van der Waals surface area contributed by atoms with E-state index in [9.17, 15) is 14.7 Å². The highest BCUT2D eigenvalue weighted by molar-refractivity contribution is 7.48. The zero-order valence-electron chi connectivity index (χ0n) is 11.9. The lowest BCUT2D eigenvalue weighted by atomic mass is 10.2. The minimum absolute atomic E-state index is 0.0283. The van der Waals surface area contributed by atoms with Crippen molar-refractivity contribution < 1.29 is 23.1 Å². The fraction of sp³-hybridized carbons (Fsp3) is 0.385. The maximum Gasteiger partial charge on any atom is 0.475 e. The molecule has 21 heavy (non-hydrogen) atoms. The summed E-state index contributed by atoms with van der Waals surface area (Å²) in [5.41, 5.74) is 0.799. The van der Waals surface area contributed by atoms with E-state index in [1.807, 2.05) is 0 Å². The van der Waals surface area contributed by atoms with Gasteiger partial charge in [0.2, 0.25) is 0 Å². The second-order valence-electron chi connectivity index (χ2n) is 3.83. The molecule has 0 heterocycles. The summed E-state index contributed by atoms with van der Waals surface area (Å²) in [6.45, 7) is 3.89. The van der Waals surface area contributed by atoms with Gasteiger partial charge in [0.1, 0.15) is 0 Å². The molecule has 0 aliphatic rings. The number of phosphoric acid groups is 1. The summed E-state index contributed by atoms with van der Waals surface area (Å²) in [6, 6.07) is 6.04. The van der Waals surface area contributed by atoms with Crippen molar-refractivity contribution in [2.24, 2.45) is 0 Å². The van der Waals surface area contributed by atoms with Crippen LogP contribution in [-0.4, -0.2) is 24.7 Å². The first-order chi connectivity index (χ1) is 10.0. The van der Waals surface area contributed by atoms with Crippen molar-refractivity contribution in [3.63, 3.8) is 0 Å². The molecule has 0 amide bonds. The molecule has 0 radical (unpaired) electrons. The Morgan fingerprint density at radius 1 is 1.14 bits per heavy atom. The Kier molecular flexibility index (Phi) is 7.25. The molecule has 0 aliphatic carbocycles. The van der Waals surface area contributed by atoms with Gasteiger partial charge in [-0.2, -0.15) is 0 Å². The highest BCUT2D eigenvalue weighted by Crippen LogP contribution is 2.49. The van der Waals surface area contributed by atoms with Gasteiger partial charge in [-0.25, -0.2) is 4.57 Å². The van der Waals surface area contributed by atoms with Crippen LogP contribution in [-0.2, 0) is 18.1 Å². The van der Waals surface area contributed by atoms with Gasteiger partial charge in [-0.1, -0.05) is 12.2 Å². The predicted molar refractivity (Wildman–Crippen MR) is 78.9 cm³/mol. The lowest BCUT2D eigenvalue weighted by Gasteiger charge is -2.14. The van der Waals surface area contributed by atoms with Gasteiger partial charge >= 0.3 is 7.82 Å². The fourth-order valence-electron chi connectivity index (χ4n) is 1.45. The van der Waals surface area contributed by atoms with E-state index in [0.29, 0.717) is 0 Å². The highest BCUT2D eigenvalue weighted by atomic mass is 31.2. The van der Waals surface area contributed by atoms with Crippen LogP contribution in [0.25, 0.3) is 6.08 Å². The summed E-state index contributed by atoms with van der Waals surface area (Å²) >= 11 is 0. The molecule has 0 unspecified atom stereocenters. The van der Waals surface area contributed by atoms with Crippen molar-refractivity contribution in [2.75, 3.05) is 19.8 Å². The second-order valence-corrected chi connectivity index (χ2v) is 5.50. The van der Waals surface area contributed by atoms with Crippen molar-refractivity contribution in [2.45, 2.75) is 13.8 Å². The van der Waals surface area contributed by atoms with E-state index >= 15 is 0 Å². The van der Waals surface area contributed by atoms with Gasteiger partial charge in [-0.3, -0.25) is 23.7 Å². The van der Waals surface area contributed by atoms with Gasteiger partial charge in [0.25, 0.3) is 5.69 Å². The van der Waals surface area contributed by atoms with Crippen LogP contribution in [0.5, 0.6) is 0 Å². The Balaban J connectivity index is 2.53. The highest BCUT2D eigenvalue weighted by Gasteiger charge is 2.24. The zero-order chi connectivity index (χ0) is 15.7. The number of non-ortho nitro benzene ring substituents is 1. The molecular weight excluding hydrogens is 297 g/mol. The van der Waals surface area contributed by atoms with Crippen LogP contribution in [0.3, 0.4) is 0 Å². The van der Waals surface area contributed by atoms with Gasteiger partial charge in [0.15, 0.2) is 0 Å². The Hall–Kier alpha value is -1.53. The smallest absolute Gasteiger partial charge is 0.287 e.